The van der Waals surface area contributed by atoms with Gasteiger partial charge in [-0.25, -0.2) is 4.98 Å². The van der Waals surface area contributed by atoms with Gasteiger partial charge in [0.15, 0.2) is 5.11 Å². The normalized spacial score (nSPS) is 14.6. The molecule has 178 valence electrons. The van der Waals surface area contributed by atoms with E-state index in [4.69, 9.17) is 17.0 Å². The van der Waals surface area contributed by atoms with E-state index in [1.807, 2.05) is 29.6 Å². The molecule has 33 heavy (non-hydrogen) atoms. The van der Waals surface area contributed by atoms with Crippen molar-refractivity contribution in [3.8, 4) is 0 Å². The van der Waals surface area contributed by atoms with Crippen molar-refractivity contribution in [3.05, 3.63) is 45.9 Å². The van der Waals surface area contributed by atoms with Crippen LogP contribution >= 0.6 is 23.6 Å². The number of para-hydroxylation sites is 1. The van der Waals surface area contributed by atoms with Crippen LogP contribution in [0.2, 0.25) is 0 Å². The molecule has 0 saturated carbocycles. The zero-order valence-electron chi connectivity index (χ0n) is 19.6. The number of anilines is 1. The number of benzene rings is 1. The summed E-state index contributed by atoms with van der Waals surface area (Å²) in [6, 6.07) is 7.89. The second-order valence-corrected chi connectivity index (χ2v) is 10.3. The van der Waals surface area contributed by atoms with Crippen molar-refractivity contribution in [2.75, 3.05) is 31.6 Å². The standard InChI is InChI=1S/C24H32N4O3S2/c1-5-31-20(29)14-25-23(32)28-12-10-16(11-13-28)22-27-19(15-33-22)21(30)26-18-9-7-6-8-17(18)24(2,3)4/h6-9,15-16H,5,10-14H2,1-4H3,(H,25,32)(H,26,30). The van der Waals surface area contributed by atoms with Gasteiger partial charge in [-0.2, -0.15) is 0 Å². The van der Waals surface area contributed by atoms with Crippen molar-refractivity contribution in [2.45, 2.75) is 51.9 Å². The van der Waals surface area contributed by atoms with Crippen molar-refractivity contribution >= 4 is 46.2 Å². The van der Waals surface area contributed by atoms with Gasteiger partial charge >= 0.3 is 5.97 Å². The second kappa shape index (κ2) is 11.1. The third-order valence-corrected chi connectivity index (χ3v) is 6.97. The molecule has 1 amide bonds. The highest BCUT2D eigenvalue weighted by atomic mass is 32.1. The molecule has 0 atom stereocenters. The molecular formula is C24H32N4O3S2. The minimum atomic E-state index is -0.312. The van der Waals surface area contributed by atoms with Gasteiger partial charge in [0, 0.05) is 30.1 Å². The van der Waals surface area contributed by atoms with Gasteiger partial charge in [-0.15, -0.1) is 11.3 Å². The number of amides is 1. The Morgan fingerprint density at radius 1 is 1.24 bits per heavy atom. The van der Waals surface area contributed by atoms with Crippen molar-refractivity contribution in [1.82, 2.24) is 15.2 Å². The summed E-state index contributed by atoms with van der Waals surface area (Å²) in [6.45, 7) is 10.2. The fraction of sp³-hybridized carbons (Fsp3) is 0.500. The molecule has 7 nitrogen and oxygen atoms in total. The third kappa shape index (κ3) is 6.74. The average molecular weight is 489 g/mol. The van der Waals surface area contributed by atoms with Gasteiger partial charge in [-0.1, -0.05) is 39.0 Å². The number of rotatable bonds is 6. The van der Waals surface area contributed by atoms with Crippen LogP contribution in [0.25, 0.3) is 0 Å². The summed E-state index contributed by atoms with van der Waals surface area (Å²) < 4.78 is 4.92. The number of piperidine rings is 1. The molecule has 9 heteroatoms. The number of aromatic nitrogens is 1. The first-order chi connectivity index (χ1) is 15.7. The van der Waals surface area contributed by atoms with Crippen molar-refractivity contribution < 1.29 is 14.3 Å². The Labute approximate surface area is 204 Å². The van der Waals surface area contributed by atoms with E-state index in [0.717, 1.165) is 42.2 Å². The quantitative estimate of drug-likeness (QED) is 0.463. The van der Waals surface area contributed by atoms with Gasteiger partial charge in [-0.05, 0) is 49.0 Å². The SMILES string of the molecule is CCOC(=O)CNC(=S)N1CCC(c2nc(C(=O)Nc3ccccc3C(C)(C)C)cs2)CC1. The summed E-state index contributed by atoms with van der Waals surface area (Å²) in [5, 5.41) is 9.39. The average Bonchev–Trinajstić information content (AvgIpc) is 3.28. The van der Waals surface area contributed by atoms with Gasteiger partial charge in [0.05, 0.1) is 11.6 Å². The first-order valence-electron chi connectivity index (χ1n) is 11.2. The lowest BCUT2D eigenvalue weighted by Crippen LogP contribution is -2.45. The minimum absolute atomic E-state index is 0.0726. The molecule has 2 aromatic rings. The third-order valence-electron chi connectivity index (χ3n) is 5.56. The molecule has 2 heterocycles. The minimum Gasteiger partial charge on any atom is -0.465 e. The maximum absolute atomic E-state index is 12.9. The van der Waals surface area contributed by atoms with Crippen LogP contribution in [0.15, 0.2) is 29.6 Å². The monoisotopic (exact) mass is 488 g/mol. The molecule has 2 N–H and O–H groups in total. The van der Waals surface area contributed by atoms with Gasteiger partial charge in [0.2, 0.25) is 0 Å². The van der Waals surface area contributed by atoms with E-state index < -0.39 is 0 Å². The number of hydrogen-bond donors (Lipinski definition) is 2. The molecule has 1 aromatic carbocycles. The van der Waals surface area contributed by atoms with Crippen molar-refractivity contribution in [1.29, 1.82) is 0 Å². The van der Waals surface area contributed by atoms with Crippen LogP contribution in [0.4, 0.5) is 5.69 Å². The Hall–Kier alpha value is -2.52. The van der Waals surface area contributed by atoms with E-state index in [0.29, 0.717) is 23.3 Å². The number of thiazole rings is 1. The van der Waals surface area contributed by atoms with E-state index >= 15 is 0 Å². The van der Waals surface area contributed by atoms with Crippen molar-refractivity contribution in [3.63, 3.8) is 0 Å². The smallest absolute Gasteiger partial charge is 0.325 e. The number of hydrogen-bond acceptors (Lipinski definition) is 6. The predicted molar refractivity (Wildman–Crippen MR) is 136 cm³/mol. The van der Waals surface area contributed by atoms with Gasteiger partial charge in [0.25, 0.3) is 5.91 Å². The molecule has 1 aromatic heterocycles. The highest BCUT2D eigenvalue weighted by Crippen LogP contribution is 2.32. The summed E-state index contributed by atoms with van der Waals surface area (Å²) in [5.74, 6) is -0.202. The highest BCUT2D eigenvalue weighted by molar-refractivity contribution is 7.80. The Bertz CT molecular complexity index is 992. The molecular weight excluding hydrogens is 456 g/mol. The lowest BCUT2D eigenvalue weighted by Gasteiger charge is -2.33. The van der Waals surface area contributed by atoms with Crippen LogP contribution in [0.5, 0.6) is 0 Å². The maximum atomic E-state index is 12.9. The molecule has 1 fully saturated rings. The molecule has 0 bridgehead atoms. The molecule has 1 aliphatic rings. The molecule has 0 radical (unpaired) electrons. The summed E-state index contributed by atoms with van der Waals surface area (Å²) in [6.07, 6.45) is 1.78. The largest absolute Gasteiger partial charge is 0.465 e. The Morgan fingerprint density at radius 2 is 1.94 bits per heavy atom. The zero-order chi connectivity index (χ0) is 24.0. The highest BCUT2D eigenvalue weighted by Gasteiger charge is 2.26. The molecule has 3 rings (SSSR count). The van der Waals surface area contributed by atoms with Crippen molar-refractivity contribution in [2.24, 2.45) is 0 Å². The number of nitrogens with one attached hydrogen (secondary N) is 2. The lowest BCUT2D eigenvalue weighted by molar-refractivity contribution is -0.141. The van der Waals surface area contributed by atoms with Gasteiger partial charge < -0.3 is 20.3 Å². The number of esters is 1. The fourth-order valence-corrected chi connectivity index (χ4v) is 5.04. The number of carbonyl (C=O) groups excluding carboxylic acids is 2. The summed E-state index contributed by atoms with van der Waals surface area (Å²) in [5.41, 5.74) is 2.29. The van der Waals surface area contributed by atoms with Gasteiger partial charge in [-0.3, -0.25) is 9.59 Å². The van der Waals surface area contributed by atoms with Crippen LogP contribution in [0, 0.1) is 0 Å². The number of ether oxygens (including phenoxy) is 1. The van der Waals surface area contributed by atoms with E-state index in [2.05, 4.69) is 41.3 Å². The van der Waals surface area contributed by atoms with Crippen LogP contribution in [-0.2, 0) is 14.9 Å². The first kappa shape index (κ1) is 25.1. The fourth-order valence-electron chi connectivity index (χ4n) is 3.81. The molecule has 1 aliphatic heterocycles. The Kier molecular flexibility index (Phi) is 8.42. The topological polar surface area (TPSA) is 83.6 Å². The number of carbonyl (C=O) groups is 2. The van der Waals surface area contributed by atoms with E-state index in [1.54, 1.807) is 6.92 Å². The van der Waals surface area contributed by atoms with E-state index in [1.165, 1.54) is 11.3 Å². The second-order valence-electron chi connectivity index (χ2n) is 9.05. The molecule has 0 unspecified atom stereocenters. The summed E-state index contributed by atoms with van der Waals surface area (Å²) in [7, 11) is 0. The molecule has 0 aliphatic carbocycles. The number of likely N-dealkylation sites (tertiary alicyclic amines) is 1. The van der Waals surface area contributed by atoms with E-state index in [-0.39, 0.29) is 23.8 Å². The predicted octanol–water partition coefficient (Wildman–Crippen LogP) is 4.31. The molecule has 0 spiro atoms. The maximum Gasteiger partial charge on any atom is 0.325 e. The zero-order valence-corrected chi connectivity index (χ0v) is 21.3. The Morgan fingerprint density at radius 3 is 2.61 bits per heavy atom. The van der Waals surface area contributed by atoms with E-state index in [9.17, 15) is 9.59 Å². The first-order valence-corrected chi connectivity index (χ1v) is 12.5. The van der Waals surface area contributed by atoms with Crippen LogP contribution in [0.3, 0.4) is 0 Å². The lowest BCUT2D eigenvalue weighted by atomic mass is 9.86. The Balaban J connectivity index is 1.55. The summed E-state index contributed by atoms with van der Waals surface area (Å²) in [4.78, 5) is 31.1. The van der Waals surface area contributed by atoms with Gasteiger partial charge in [0.1, 0.15) is 12.2 Å². The van der Waals surface area contributed by atoms with Crippen LogP contribution < -0.4 is 10.6 Å². The summed E-state index contributed by atoms with van der Waals surface area (Å²) >= 11 is 6.94. The van der Waals surface area contributed by atoms with Crippen LogP contribution in [0.1, 0.15) is 67.5 Å². The number of nitrogens with zero attached hydrogens (tertiary/aromatic N) is 2. The number of thiocarbonyl (C=S) groups is 1. The molecule has 1 saturated heterocycles. The van der Waals surface area contributed by atoms with Crippen LogP contribution in [-0.4, -0.2) is 53.1 Å².